The predicted octanol–water partition coefficient (Wildman–Crippen LogP) is -3.55. The second-order valence-electron chi connectivity index (χ2n) is 16.4. The molecule has 0 fully saturated rings. The molecule has 0 atom stereocenters. The van der Waals surface area contributed by atoms with Crippen molar-refractivity contribution in [3.8, 4) is 0 Å². The number of hydrogen-bond acceptors (Lipinski definition) is 17. The maximum Gasteiger partial charge on any atom is 0.0558 e. The summed E-state index contributed by atoms with van der Waals surface area (Å²) in [5, 5.41) is 57.6. The Morgan fingerprint density at radius 2 is 0.362 bits per heavy atom. The maximum absolute atomic E-state index is 10.0. The molecule has 0 saturated carbocycles. The Balaban J connectivity index is 5.27. The zero-order valence-electron chi connectivity index (χ0n) is 38.6. The van der Waals surface area contributed by atoms with Gasteiger partial charge in [-0.25, -0.2) is 0 Å². The van der Waals surface area contributed by atoms with Gasteiger partial charge in [-0.15, -0.1) is 0 Å². The fourth-order valence-corrected chi connectivity index (χ4v) is 6.73. The van der Waals surface area contributed by atoms with Crippen LogP contribution in [-0.2, 0) is 0 Å². The van der Waals surface area contributed by atoms with E-state index in [4.69, 9.17) is 5.11 Å². The van der Waals surface area contributed by atoms with Gasteiger partial charge in [-0.2, -0.15) is 0 Å². The van der Waals surface area contributed by atoms with E-state index < -0.39 is 0 Å². The Bertz CT molecular complexity index is 863. The molecule has 0 aromatic rings. The minimum Gasteiger partial charge on any atom is -0.395 e. The topological polar surface area (TPSA) is 157 Å². The first-order chi connectivity index (χ1) is 27.9. The zero-order valence-corrected chi connectivity index (χ0v) is 38.6. The molecule has 0 aromatic carbocycles. The first kappa shape index (κ1) is 57.3. The molecule has 350 valence electrons. The molecule has 0 saturated heterocycles. The maximum atomic E-state index is 10.0. The highest BCUT2D eigenvalue weighted by Gasteiger charge is 2.16. The fourth-order valence-electron chi connectivity index (χ4n) is 6.73. The van der Waals surface area contributed by atoms with E-state index in [0.29, 0.717) is 39.3 Å². The number of aliphatic hydroxyl groups is 6. The van der Waals surface area contributed by atoms with E-state index >= 15 is 0 Å². The molecular formula is C41H95N11O6. The summed E-state index contributed by atoms with van der Waals surface area (Å²) in [6.07, 6.45) is 1.13. The van der Waals surface area contributed by atoms with E-state index in [9.17, 15) is 25.5 Å². The SMILES string of the molecule is CCCN(C)CCN(CCN(CCN(C)CCO)CCN(C)CCO)CCN(CCO)CCN(CCO)CCN(C)CCN(CCO)CCN(C)CCN(C)CCO. The number of nitrogens with zero attached hydrogens (tertiary/aromatic N) is 11. The molecule has 0 bridgehead atoms. The van der Waals surface area contributed by atoms with Gasteiger partial charge in [0, 0.05) is 170 Å². The van der Waals surface area contributed by atoms with E-state index in [-0.39, 0.29) is 39.6 Å². The standard InChI is InChI=1S/C41H95N11O6/c1-8-9-42(2)12-18-49(25-24-48(19-16-46(6)31-37-54)20-17-47(7)32-38-55)26-27-52(35-41-58)29-28-51(34-40-57)23-15-44(4)14-22-50(33-39-56)21-13-43(3)10-11-45(5)30-36-53/h53-58H,8-41H2,1-7H3. The highest BCUT2D eigenvalue weighted by molar-refractivity contribution is 4.73. The van der Waals surface area contributed by atoms with Crippen LogP contribution >= 0.6 is 0 Å². The van der Waals surface area contributed by atoms with Crippen LogP contribution in [0.4, 0.5) is 0 Å². The van der Waals surface area contributed by atoms with Gasteiger partial charge in [-0.1, -0.05) is 6.92 Å². The van der Waals surface area contributed by atoms with Crippen molar-refractivity contribution in [1.29, 1.82) is 0 Å². The first-order valence-corrected chi connectivity index (χ1v) is 22.3. The lowest BCUT2D eigenvalue weighted by atomic mass is 10.3. The number of hydrogen-bond donors (Lipinski definition) is 6. The van der Waals surface area contributed by atoms with Crippen molar-refractivity contribution in [3.05, 3.63) is 0 Å². The lowest BCUT2D eigenvalue weighted by Crippen LogP contribution is -2.47. The molecule has 0 heterocycles. The smallest absolute Gasteiger partial charge is 0.0558 e. The number of rotatable bonds is 44. The van der Waals surface area contributed by atoms with Gasteiger partial charge in [0.25, 0.3) is 0 Å². The predicted molar refractivity (Wildman–Crippen MR) is 240 cm³/mol. The van der Waals surface area contributed by atoms with Crippen LogP contribution in [0.15, 0.2) is 0 Å². The molecule has 17 nitrogen and oxygen atoms in total. The van der Waals surface area contributed by atoms with Crippen LogP contribution in [0.3, 0.4) is 0 Å². The van der Waals surface area contributed by atoms with E-state index in [1.807, 2.05) is 7.05 Å². The van der Waals surface area contributed by atoms with Crippen LogP contribution in [-0.4, -0.2) is 343 Å². The fraction of sp³-hybridized carbons (Fsp3) is 1.00. The van der Waals surface area contributed by atoms with Gasteiger partial charge in [0.2, 0.25) is 0 Å². The third kappa shape index (κ3) is 33.0. The molecule has 58 heavy (non-hydrogen) atoms. The summed E-state index contributed by atoms with van der Waals surface area (Å²) >= 11 is 0. The molecule has 0 radical (unpaired) electrons. The van der Waals surface area contributed by atoms with Crippen molar-refractivity contribution < 1.29 is 30.6 Å². The molecule has 0 aliphatic carbocycles. The van der Waals surface area contributed by atoms with Gasteiger partial charge >= 0.3 is 0 Å². The Hall–Kier alpha value is -0.680. The van der Waals surface area contributed by atoms with Crippen molar-refractivity contribution in [1.82, 2.24) is 53.9 Å². The van der Waals surface area contributed by atoms with Crippen LogP contribution in [0.5, 0.6) is 0 Å². The quantitative estimate of drug-likeness (QED) is 0.0359. The van der Waals surface area contributed by atoms with Crippen LogP contribution in [0.2, 0.25) is 0 Å². The Morgan fingerprint density at radius 3 is 0.569 bits per heavy atom. The largest absolute Gasteiger partial charge is 0.395 e. The first-order valence-electron chi connectivity index (χ1n) is 22.3. The van der Waals surface area contributed by atoms with E-state index in [1.165, 1.54) is 0 Å². The molecule has 6 N–H and O–H groups in total. The lowest BCUT2D eigenvalue weighted by molar-refractivity contribution is 0.119. The van der Waals surface area contributed by atoms with Crippen LogP contribution in [0, 0.1) is 0 Å². The summed E-state index contributed by atoms with van der Waals surface area (Å²) in [6, 6.07) is 0. The number of aliphatic hydroxyl groups excluding tert-OH is 6. The minimum absolute atomic E-state index is 0.110. The van der Waals surface area contributed by atoms with Gasteiger partial charge < -0.3 is 60.0 Å². The van der Waals surface area contributed by atoms with E-state index in [1.54, 1.807) is 0 Å². The van der Waals surface area contributed by atoms with Gasteiger partial charge in [0.05, 0.1) is 39.6 Å². The van der Waals surface area contributed by atoms with Crippen molar-refractivity contribution >= 4 is 0 Å². The van der Waals surface area contributed by atoms with E-state index in [2.05, 4.69) is 96.1 Å². The van der Waals surface area contributed by atoms with Crippen molar-refractivity contribution in [2.24, 2.45) is 0 Å². The van der Waals surface area contributed by atoms with Crippen molar-refractivity contribution in [2.75, 3.05) is 259 Å². The zero-order chi connectivity index (χ0) is 43.4. The third-order valence-corrected chi connectivity index (χ3v) is 11.1. The second kappa shape index (κ2) is 39.2. The van der Waals surface area contributed by atoms with Crippen LogP contribution in [0.25, 0.3) is 0 Å². The summed E-state index contributed by atoms with van der Waals surface area (Å²) in [4.78, 5) is 25.6. The van der Waals surface area contributed by atoms with Gasteiger partial charge in [0.1, 0.15) is 0 Å². The molecule has 17 heteroatoms. The monoisotopic (exact) mass is 838 g/mol. The lowest BCUT2D eigenvalue weighted by Gasteiger charge is -2.33. The molecule has 0 aliphatic heterocycles. The highest BCUT2D eigenvalue weighted by atomic mass is 16.3. The molecule has 0 spiro atoms. The molecule has 0 aliphatic rings. The van der Waals surface area contributed by atoms with Crippen molar-refractivity contribution in [2.45, 2.75) is 13.3 Å². The van der Waals surface area contributed by atoms with Gasteiger partial charge in [-0.3, -0.25) is 24.5 Å². The van der Waals surface area contributed by atoms with Gasteiger partial charge in [-0.05, 0) is 55.3 Å². The normalized spacial score (nSPS) is 12.8. The Labute approximate surface area is 355 Å². The summed E-state index contributed by atoms with van der Waals surface area (Å²) in [7, 11) is 12.6. The second-order valence-corrected chi connectivity index (χ2v) is 16.4. The third-order valence-electron chi connectivity index (χ3n) is 11.1. The highest BCUT2D eigenvalue weighted by Crippen LogP contribution is 2.01. The molecule has 0 amide bonds. The van der Waals surface area contributed by atoms with Crippen LogP contribution in [0.1, 0.15) is 13.3 Å². The summed E-state index contributed by atoms with van der Waals surface area (Å²) in [5.74, 6) is 0. The molecule has 0 rings (SSSR count). The number of likely N-dealkylation sites (N-methyl/N-ethyl adjacent to an activating group) is 6. The van der Waals surface area contributed by atoms with Crippen molar-refractivity contribution in [3.63, 3.8) is 0 Å². The Morgan fingerprint density at radius 1 is 0.207 bits per heavy atom. The average Bonchev–Trinajstić information content (AvgIpc) is 3.19. The molecular weight excluding hydrogens is 743 g/mol. The average molecular weight is 838 g/mol. The van der Waals surface area contributed by atoms with Gasteiger partial charge in [0.15, 0.2) is 0 Å². The van der Waals surface area contributed by atoms with E-state index in [0.717, 1.165) is 144 Å². The molecule has 0 unspecified atom stereocenters. The minimum atomic E-state index is 0.110. The summed E-state index contributed by atoms with van der Waals surface area (Å²) in [5.41, 5.74) is 0. The Kier molecular flexibility index (Phi) is 38.7. The van der Waals surface area contributed by atoms with Crippen LogP contribution < -0.4 is 0 Å². The summed E-state index contributed by atoms with van der Waals surface area (Å²) < 4.78 is 0. The summed E-state index contributed by atoms with van der Waals surface area (Å²) in [6.45, 7) is 26.1. The molecule has 0 aromatic heterocycles.